The third-order valence-corrected chi connectivity index (χ3v) is 5.04. The zero-order chi connectivity index (χ0) is 24.7. The number of rotatable bonds is 11. The number of carboxylic acid groups (broad SMARTS) is 1. The average Bonchev–Trinajstić information content (AvgIpc) is 3.17. The first-order valence-corrected chi connectivity index (χ1v) is 10.3. The van der Waals surface area contributed by atoms with Crippen LogP contribution in [0.25, 0.3) is 10.9 Å². The molecular formula is C21H29N5O7. The van der Waals surface area contributed by atoms with Gasteiger partial charge in [0.1, 0.15) is 12.1 Å². The Hall–Kier alpha value is -3.48. The molecule has 0 spiro atoms. The van der Waals surface area contributed by atoms with Crippen LogP contribution in [0, 0.1) is 0 Å². The molecule has 0 saturated heterocycles. The number of hydrogen-bond acceptors (Lipinski definition) is 7. The lowest BCUT2D eigenvalue weighted by molar-refractivity contribution is -0.146. The molecule has 5 atom stereocenters. The molecule has 1 heterocycles. The summed E-state index contributed by atoms with van der Waals surface area (Å²) in [5.41, 5.74) is 6.91. The first-order chi connectivity index (χ1) is 15.5. The normalized spacial score (nSPS) is 15.7. The number of hydrogen-bond donors (Lipinski definition) is 8. The second-order valence-electron chi connectivity index (χ2n) is 7.68. The van der Waals surface area contributed by atoms with E-state index in [0.29, 0.717) is 0 Å². The van der Waals surface area contributed by atoms with Gasteiger partial charge in [-0.05, 0) is 25.5 Å². The van der Waals surface area contributed by atoms with Gasteiger partial charge in [-0.2, -0.15) is 0 Å². The van der Waals surface area contributed by atoms with E-state index in [1.807, 2.05) is 24.3 Å². The average molecular weight is 463 g/mol. The number of H-pyrrole nitrogens is 1. The van der Waals surface area contributed by atoms with Gasteiger partial charge in [0.2, 0.25) is 17.7 Å². The number of benzene rings is 1. The summed E-state index contributed by atoms with van der Waals surface area (Å²) in [5.74, 6) is -3.88. The molecule has 1 aromatic heterocycles. The highest BCUT2D eigenvalue weighted by molar-refractivity contribution is 5.94. The molecule has 12 heteroatoms. The number of nitrogens with two attached hydrogens (primary N) is 1. The van der Waals surface area contributed by atoms with Crippen molar-refractivity contribution < 1.29 is 34.5 Å². The Bertz CT molecular complexity index is 1000. The lowest BCUT2D eigenvalue weighted by atomic mass is 10.0. The second kappa shape index (κ2) is 11.4. The molecule has 0 aliphatic carbocycles. The minimum absolute atomic E-state index is 0.0567. The van der Waals surface area contributed by atoms with Crippen molar-refractivity contribution >= 4 is 34.6 Å². The fourth-order valence-corrected chi connectivity index (χ4v) is 3.27. The number of carbonyl (C=O) groups excluding carboxylic acids is 3. The van der Waals surface area contributed by atoms with E-state index < -0.39 is 54.0 Å². The van der Waals surface area contributed by atoms with Gasteiger partial charge >= 0.3 is 5.97 Å². The molecule has 0 aliphatic rings. The molecule has 0 saturated carbocycles. The van der Waals surface area contributed by atoms with Gasteiger partial charge in [0.15, 0.2) is 6.04 Å². The monoisotopic (exact) mass is 463 g/mol. The number of aliphatic carboxylic acids is 1. The fraction of sp³-hybridized carbons (Fsp3) is 0.429. The van der Waals surface area contributed by atoms with Gasteiger partial charge in [-0.15, -0.1) is 0 Å². The predicted octanol–water partition coefficient (Wildman–Crippen LogP) is -2.03. The van der Waals surface area contributed by atoms with E-state index >= 15 is 0 Å². The van der Waals surface area contributed by atoms with E-state index in [9.17, 15) is 29.4 Å². The number of carbonyl (C=O) groups is 4. The van der Waals surface area contributed by atoms with Crippen LogP contribution >= 0.6 is 0 Å². The molecule has 1 aromatic carbocycles. The zero-order valence-electron chi connectivity index (χ0n) is 18.2. The van der Waals surface area contributed by atoms with Crippen molar-refractivity contribution in [2.75, 3.05) is 6.54 Å². The van der Waals surface area contributed by atoms with Gasteiger partial charge < -0.3 is 42.0 Å². The summed E-state index contributed by atoms with van der Waals surface area (Å²) in [6.45, 7) is 2.04. The molecular weight excluding hydrogens is 434 g/mol. The van der Waals surface area contributed by atoms with E-state index in [1.165, 1.54) is 13.8 Å². The number of nitrogens with one attached hydrogen (secondary N) is 4. The Kier molecular flexibility index (Phi) is 8.91. The summed E-state index contributed by atoms with van der Waals surface area (Å²) in [5, 5.41) is 36.5. The molecule has 2 rings (SSSR count). The molecule has 0 fully saturated rings. The zero-order valence-corrected chi connectivity index (χ0v) is 18.2. The van der Waals surface area contributed by atoms with Gasteiger partial charge in [-0.1, -0.05) is 18.2 Å². The lowest BCUT2D eigenvalue weighted by Crippen LogP contribution is -2.60. The largest absolute Gasteiger partial charge is 0.480 e. The van der Waals surface area contributed by atoms with Gasteiger partial charge in [0.25, 0.3) is 0 Å². The van der Waals surface area contributed by atoms with Crippen molar-refractivity contribution in [1.29, 1.82) is 0 Å². The van der Waals surface area contributed by atoms with Crippen LogP contribution < -0.4 is 21.7 Å². The van der Waals surface area contributed by atoms with Gasteiger partial charge in [0, 0.05) is 23.5 Å². The quantitative estimate of drug-likeness (QED) is 0.186. The third kappa shape index (κ3) is 6.75. The number of aromatic nitrogens is 1. The molecule has 5 unspecified atom stereocenters. The van der Waals surface area contributed by atoms with E-state index in [1.54, 1.807) is 6.20 Å². The minimum atomic E-state index is -1.64. The number of fused-ring (bicyclic) bond motifs is 1. The van der Waals surface area contributed by atoms with E-state index in [4.69, 9.17) is 10.8 Å². The number of aliphatic hydroxyl groups is 2. The molecule has 9 N–H and O–H groups in total. The first-order valence-electron chi connectivity index (χ1n) is 10.3. The summed E-state index contributed by atoms with van der Waals surface area (Å²) < 4.78 is 0. The Labute approximate surface area is 189 Å². The number of aromatic amines is 1. The maximum Gasteiger partial charge on any atom is 0.328 e. The van der Waals surface area contributed by atoms with E-state index in [-0.39, 0.29) is 13.0 Å². The van der Waals surface area contributed by atoms with Crippen molar-refractivity contribution in [3.05, 3.63) is 36.0 Å². The topological polar surface area (TPSA) is 207 Å². The number of aliphatic hydroxyl groups excluding tert-OH is 2. The molecule has 180 valence electrons. The van der Waals surface area contributed by atoms with Crippen molar-refractivity contribution in [3.8, 4) is 0 Å². The molecule has 2 aromatic rings. The van der Waals surface area contributed by atoms with Crippen LogP contribution in [0.1, 0.15) is 19.4 Å². The summed E-state index contributed by atoms with van der Waals surface area (Å²) >= 11 is 0. The Morgan fingerprint density at radius 1 is 0.970 bits per heavy atom. The van der Waals surface area contributed by atoms with Crippen molar-refractivity contribution in [2.45, 2.75) is 50.6 Å². The minimum Gasteiger partial charge on any atom is -0.480 e. The van der Waals surface area contributed by atoms with Crippen LogP contribution in [0.4, 0.5) is 0 Å². The Morgan fingerprint density at radius 3 is 2.15 bits per heavy atom. The van der Waals surface area contributed by atoms with E-state index in [2.05, 4.69) is 20.9 Å². The molecule has 0 radical (unpaired) electrons. The highest BCUT2D eigenvalue weighted by Gasteiger charge is 2.33. The highest BCUT2D eigenvalue weighted by Crippen LogP contribution is 2.19. The van der Waals surface area contributed by atoms with Crippen molar-refractivity contribution in [1.82, 2.24) is 20.9 Å². The van der Waals surface area contributed by atoms with Crippen LogP contribution in [0.3, 0.4) is 0 Å². The van der Waals surface area contributed by atoms with Crippen LogP contribution in [-0.2, 0) is 25.6 Å². The molecule has 0 bridgehead atoms. The number of para-hydroxylation sites is 1. The van der Waals surface area contributed by atoms with Crippen LogP contribution in [0.5, 0.6) is 0 Å². The van der Waals surface area contributed by atoms with Crippen LogP contribution in [0.15, 0.2) is 30.5 Å². The number of amides is 3. The molecule has 12 nitrogen and oxygen atoms in total. The maximum atomic E-state index is 13.0. The summed E-state index contributed by atoms with van der Waals surface area (Å²) in [6.07, 6.45) is -1.08. The summed E-state index contributed by atoms with van der Waals surface area (Å²) in [4.78, 5) is 51.8. The van der Waals surface area contributed by atoms with Gasteiger partial charge in [-0.3, -0.25) is 14.4 Å². The third-order valence-electron chi connectivity index (χ3n) is 5.04. The Morgan fingerprint density at radius 2 is 1.58 bits per heavy atom. The summed E-state index contributed by atoms with van der Waals surface area (Å²) in [6, 6.07) is 3.03. The molecule has 3 amide bonds. The lowest BCUT2D eigenvalue weighted by Gasteiger charge is -2.26. The van der Waals surface area contributed by atoms with Crippen molar-refractivity contribution in [2.24, 2.45) is 5.73 Å². The maximum absolute atomic E-state index is 13.0. The van der Waals surface area contributed by atoms with Crippen molar-refractivity contribution in [3.63, 3.8) is 0 Å². The van der Waals surface area contributed by atoms with Gasteiger partial charge in [-0.25, -0.2) is 4.79 Å². The molecule has 0 aliphatic heterocycles. The Balaban J connectivity index is 2.23. The second-order valence-corrected chi connectivity index (χ2v) is 7.68. The SMILES string of the molecule is CC(O)C(NC(=O)C(NC(=O)C(Cc1c[nH]c2ccccc12)NC(=O)CN)C(C)O)C(=O)O. The highest BCUT2D eigenvalue weighted by atomic mass is 16.4. The van der Waals surface area contributed by atoms with E-state index in [0.717, 1.165) is 16.5 Å². The first kappa shape index (κ1) is 25.8. The fourth-order valence-electron chi connectivity index (χ4n) is 3.27. The van der Waals surface area contributed by atoms with Crippen LogP contribution in [-0.4, -0.2) is 80.9 Å². The summed E-state index contributed by atoms with van der Waals surface area (Å²) in [7, 11) is 0. The number of carboxylic acids is 1. The molecule has 33 heavy (non-hydrogen) atoms. The predicted molar refractivity (Wildman–Crippen MR) is 118 cm³/mol. The van der Waals surface area contributed by atoms with Crippen LogP contribution in [0.2, 0.25) is 0 Å². The smallest absolute Gasteiger partial charge is 0.328 e. The standard InChI is InChI=1S/C21H29N5O7/c1-10(27)17(20(31)26-18(11(2)28)21(32)33)25-19(30)15(24-16(29)8-22)7-12-9-23-14-6-4-3-5-13(12)14/h3-6,9-11,15,17-18,23,27-28H,7-8,22H2,1-2H3,(H,24,29)(H,25,30)(H,26,31)(H,32,33). The van der Waals surface area contributed by atoms with Gasteiger partial charge in [0.05, 0.1) is 18.8 Å².